The maximum absolute atomic E-state index is 11.6. The second-order valence-electron chi connectivity index (χ2n) is 3.70. The van der Waals surface area contributed by atoms with Crippen molar-refractivity contribution in [2.45, 2.75) is 32.1 Å². The lowest BCUT2D eigenvalue weighted by atomic mass is 9.97. The van der Waals surface area contributed by atoms with Crippen LogP contribution in [-0.4, -0.2) is 5.78 Å². The Labute approximate surface area is 78.8 Å². The van der Waals surface area contributed by atoms with Crippen molar-refractivity contribution >= 4 is 5.78 Å². The van der Waals surface area contributed by atoms with Crippen molar-refractivity contribution in [2.24, 2.45) is 0 Å². The lowest BCUT2D eigenvalue weighted by Gasteiger charge is -2.07. The fourth-order valence-corrected chi connectivity index (χ4v) is 2.16. The predicted molar refractivity (Wildman–Crippen MR) is 53.0 cm³/mol. The molecule has 0 spiro atoms. The van der Waals surface area contributed by atoms with Crippen molar-refractivity contribution in [1.29, 1.82) is 0 Å². The summed E-state index contributed by atoms with van der Waals surface area (Å²) in [7, 11) is 0. The molecule has 0 unspecified atom stereocenters. The van der Waals surface area contributed by atoms with Crippen molar-refractivity contribution in [1.82, 2.24) is 0 Å². The maximum Gasteiger partial charge on any atom is 0.163 e. The number of carbonyl (C=O) groups excluding carboxylic acids is 1. The van der Waals surface area contributed by atoms with E-state index in [2.05, 4.69) is 13.0 Å². The molecular formula is C12H14O. The second-order valence-corrected chi connectivity index (χ2v) is 3.70. The second kappa shape index (κ2) is 3.33. The van der Waals surface area contributed by atoms with Gasteiger partial charge in [0.25, 0.3) is 0 Å². The van der Waals surface area contributed by atoms with E-state index in [1.54, 1.807) is 0 Å². The molecule has 1 aromatic rings. The Morgan fingerprint density at radius 2 is 2.15 bits per heavy atom. The van der Waals surface area contributed by atoms with Crippen molar-refractivity contribution in [3.8, 4) is 0 Å². The van der Waals surface area contributed by atoms with Gasteiger partial charge in [0.05, 0.1) is 0 Å². The van der Waals surface area contributed by atoms with Crippen LogP contribution in [0.1, 0.15) is 48.0 Å². The van der Waals surface area contributed by atoms with Crippen LogP contribution in [0.3, 0.4) is 0 Å². The van der Waals surface area contributed by atoms with Gasteiger partial charge in [0.15, 0.2) is 5.78 Å². The lowest BCUT2D eigenvalue weighted by Crippen LogP contribution is -1.92. The monoisotopic (exact) mass is 174 g/mol. The van der Waals surface area contributed by atoms with Crippen LogP contribution < -0.4 is 0 Å². The van der Waals surface area contributed by atoms with Gasteiger partial charge in [0.1, 0.15) is 0 Å². The molecule has 0 amide bonds. The van der Waals surface area contributed by atoms with Gasteiger partial charge in [-0.2, -0.15) is 0 Å². The van der Waals surface area contributed by atoms with Gasteiger partial charge in [-0.3, -0.25) is 4.79 Å². The summed E-state index contributed by atoms with van der Waals surface area (Å²) in [4.78, 5) is 11.6. The molecule has 1 aliphatic rings. The van der Waals surface area contributed by atoms with Gasteiger partial charge in [-0.25, -0.2) is 0 Å². The lowest BCUT2D eigenvalue weighted by molar-refractivity contribution is 0.0988. The van der Waals surface area contributed by atoms with Crippen molar-refractivity contribution in [2.75, 3.05) is 0 Å². The zero-order valence-corrected chi connectivity index (χ0v) is 7.92. The molecule has 2 rings (SSSR count). The largest absolute Gasteiger partial charge is 0.294 e. The van der Waals surface area contributed by atoms with Crippen LogP contribution in [0.2, 0.25) is 0 Å². The summed E-state index contributed by atoms with van der Waals surface area (Å²) >= 11 is 0. The number of hydrogen-bond donors (Lipinski definition) is 0. The minimum absolute atomic E-state index is 0.328. The van der Waals surface area contributed by atoms with Crippen LogP contribution in [0, 0.1) is 0 Å². The summed E-state index contributed by atoms with van der Waals surface area (Å²) in [6, 6.07) is 8.03. The molecule has 1 atom stereocenters. The van der Waals surface area contributed by atoms with Gasteiger partial charge in [-0.15, -0.1) is 0 Å². The van der Waals surface area contributed by atoms with E-state index in [-0.39, 0.29) is 0 Å². The highest BCUT2D eigenvalue weighted by Crippen LogP contribution is 2.35. The van der Waals surface area contributed by atoms with Gasteiger partial charge in [0, 0.05) is 12.0 Å². The van der Waals surface area contributed by atoms with Crippen LogP contribution in [0.4, 0.5) is 0 Å². The molecule has 0 aromatic heterocycles. The molecule has 0 saturated carbocycles. The normalized spacial score (nSPS) is 20.4. The molecule has 0 bridgehead atoms. The van der Waals surface area contributed by atoms with E-state index in [9.17, 15) is 4.79 Å². The first kappa shape index (κ1) is 8.49. The minimum Gasteiger partial charge on any atom is -0.294 e. The van der Waals surface area contributed by atoms with E-state index in [1.807, 2.05) is 18.2 Å². The SMILES string of the molecule is CCC[C@H]1CC(=O)c2ccccc21. The van der Waals surface area contributed by atoms with E-state index >= 15 is 0 Å². The first-order valence-electron chi connectivity index (χ1n) is 4.95. The molecular weight excluding hydrogens is 160 g/mol. The molecule has 1 aliphatic carbocycles. The van der Waals surface area contributed by atoms with Crippen LogP contribution in [0.5, 0.6) is 0 Å². The third-order valence-electron chi connectivity index (χ3n) is 2.77. The number of hydrogen-bond acceptors (Lipinski definition) is 1. The molecule has 0 N–H and O–H groups in total. The van der Waals surface area contributed by atoms with E-state index in [0.29, 0.717) is 11.7 Å². The average molecular weight is 174 g/mol. The highest BCUT2D eigenvalue weighted by Gasteiger charge is 2.27. The van der Waals surface area contributed by atoms with Crippen molar-refractivity contribution < 1.29 is 4.79 Å². The third-order valence-corrected chi connectivity index (χ3v) is 2.77. The quantitative estimate of drug-likeness (QED) is 0.673. The number of Topliss-reactive ketones (excluding diaryl/α,β-unsaturated/α-hetero) is 1. The molecule has 0 heterocycles. The minimum atomic E-state index is 0.328. The zero-order chi connectivity index (χ0) is 9.26. The summed E-state index contributed by atoms with van der Waals surface area (Å²) in [5.74, 6) is 0.822. The highest BCUT2D eigenvalue weighted by molar-refractivity contribution is 6.01. The summed E-state index contributed by atoms with van der Waals surface area (Å²) in [6.07, 6.45) is 3.03. The maximum atomic E-state index is 11.6. The molecule has 0 radical (unpaired) electrons. The smallest absolute Gasteiger partial charge is 0.163 e. The summed E-state index contributed by atoms with van der Waals surface area (Å²) in [6.45, 7) is 2.17. The van der Waals surface area contributed by atoms with Gasteiger partial charge >= 0.3 is 0 Å². The van der Waals surface area contributed by atoms with Gasteiger partial charge in [-0.05, 0) is 17.9 Å². The summed E-state index contributed by atoms with van der Waals surface area (Å²) < 4.78 is 0. The Kier molecular flexibility index (Phi) is 2.17. The van der Waals surface area contributed by atoms with Crippen molar-refractivity contribution in [3.63, 3.8) is 0 Å². The molecule has 0 fully saturated rings. The van der Waals surface area contributed by atoms with Crippen molar-refractivity contribution in [3.05, 3.63) is 35.4 Å². The molecule has 68 valence electrons. The Morgan fingerprint density at radius 1 is 1.38 bits per heavy atom. The fraction of sp³-hybridized carbons (Fsp3) is 0.417. The van der Waals surface area contributed by atoms with E-state index in [0.717, 1.165) is 24.8 Å². The van der Waals surface area contributed by atoms with Gasteiger partial charge in [0.2, 0.25) is 0 Å². The molecule has 1 heteroatoms. The van der Waals surface area contributed by atoms with Gasteiger partial charge < -0.3 is 0 Å². The van der Waals surface area contributed by atoms with Crippen LogP contribution >= 0.6 is 0 Å². The summed E-state index contributed by atoms with van der Waals surface area (Å²) in [5, 5.41) is 0. The zero-order valence-electron chi connectivity index (χ0n) is 7.92. The van der Waals surface area contributed by atoms with Gasteiger partial charge in [-0.1, -0.05) is 37.6 Å². The number of benzene rings is 1. The Morgan fingerprint density at radius 3 is 2.92 bits per heavy atom. The number of carbonyl (C=O) groups is 1. The average Bonchev–Trinajstić information content (AvgIpc) is 2.46. The Balaban J connectivity index is 2.36. The molecule has 0 aliphatic heterocycles. The highest BCUT2D eigenvalue weighted by atomic mass is 16.1. The molecule has 1 nitrogen and oxygen atoms in total. The van der Waals surface area contributed by atoms with Crippen LogP contribution in [-0.2, 0) is 0 Å². The summed E-state index contributed by atoms with van der Waals surface area (Å²) in [5.41, 5.74) is 2.23. The molecule has 1 aromatic carbocycles. The standard InChI is InChI=1S/C12H14O/c1-2-5-9-8-12(13)11-7-4-3-6-10(9)11/h3-4,6-7,9H,2,5,8H2,1H3/t9-/m0/s1. The fourth-order valence-electron chi connectivity index (χ4n) is 2.16. The Hall–Kier alpha value is -1.11. The predicted octanol–water partition coefficient (Wildman–Crippen LogP) is 3.16. The molecule has 13 heavy (non-hydrogen) atoms. The number of fused-ring (bicyclic) bond motifs is 1. The molecule has 0 saturated heterocycles. The first-order chi connectivity index (χ1) is 6.33. The number of rotatable bonds is 2. The third kappa shape index (κ3) is 1.39. The van der Waals surface area contributed by atoms with E-state index < -0.39 is 0 Å². The van der Waals surface area contributed by atoms with E-state index in [1.165, 1.54) is 5.56 Å². The number of ketones is 1. The first-order valence-corrected chi connectivity index (χ1v) is 4.95. The topological polar surface area (TPSA) is 17.1 Å². The van der Waals surface area contributed by atoms with Crippen LogP contribution in [0.15, 0.2) is 24.3 Å². The van der Waals surface area contributed by atoms with Crippen LogP contribution in [0.25, 0.3) is 0 Å². The Bertz CT molecular complexity index is 328. The van der Waals surface area contributed by atoms with E-state index in [4.69, 9.17) is 0 Å².